The standard InChI is InChI=1S/C34H38FN7O7S2/c1-19-31(39-28-23(35)9-7-11-24(28)37-19)49-21-14-27-30(44)40-34(33(46)41-51(47,48)22-12-13-22)15-20(34)8-5-3-2-4-6-10-25(32(45)42(27)16-21)38-29(43)26-17-50-18-36-26/h5,7-9,11,17-18,20-22,25,27H,2-4,6,10,12-16H2,1H3,(H,38,43)(H,40,44)(H,41,46). The van der Waals surface area contributed by atoms with Crippen LogP contribution in [0.4, 0.5) is 4.39 Å². The van der Waals surface area contributed by atoms with Crippen LogP contribution >= 0.6 is 11.3 Å². The highest BCUT2D eigenvalue weighted by Crippen LogP contribution is 2.46. The Balaban J connectivity index is 1.20. The maximum atomic E-state index is 14.6. The van der Waals surface area contributed by atoms with Gasteiger partial charge in [-0.05, 0) is 57.6 Å². The fraction of sp³-hybridized carbons (Fsp3) is 0.500. The number of para-hydroxylation sites is 1. The molecule has 2 aliphatic heterocycles. The zero-order valence-electron chi connectivity index (χ0n) is 27.8. The van der Waals surface area contributed by atoms with E-state index in [-0.39, 0.29) is 36.5 Å². The molecule has 0 bridgehead atoms. The summed E-state index contributed by atoms with van der Waals surface area (Å²) in [5, 5.41) is 6.57. The molecule has 5 unspecified atom stereocenters. The van der Waals surface area contributed by atoms with Crippen molar-refractivity contribution in [3.63, 3.8) is 0 Å². The average molecular weight is 740 g/mol. The van der Waals surface area contributed by atoms with Crippen molar-refractivity contribution in [1.29, 1.82) is 0 Å². The van der Waals surface area contributed by atoms with Gasteiger partial charge in [-0.3, -0.25) is 23.9 Å². The third-order valence-electron chi connectivity index (χ3n) is 9.87. The van der Waals surface area contributed by atoms with Crippen LogP contribution in [0.25, 0.3) is 11.0 Å². The number of carbonyl (C=O) groups excluding carboxylic acids is 4. The third kappa shape index (κ3) is 7.31. The second-order valence-corrected chi connectivity index (χ2v) is 16.3. The number of nitrogens with zero attached hydrogens (tertiary/aromatic N) is 4. The van der Waals surface area contributed by atoms with Crippen molar-refractivity contribution >= 4 is 56.0 Å². The van der Waals surface area contributed by atoms with Crippen molar-refractivity contribution < 1.29 is 36.7 Å². The van der Waals surface area contributed by atoms with Crippen molar-refractivity contribution in [3.05, 3.63) is 58.4 Å². The number of carbonyl (C=O) groups is 4. The van der Waals surface area contributed by atoms with Crippen LogP contribution in [0.2, 0.25) is 0 Å². The number of hydrogen-bond acceptors (Lipinski definition) is 11. The first-order valence-electron chi connectivity index (χ1n) is 17.1. The number of amides is 4. The highest BCUT2D eigenvalue weighted by atomic mass is 32.2. The molecule has 270 valence electrons. The number of allylic oxidation sites excluding steroid dienone is 1. The lowest BCUT2D eigenvalue weighted by Gasteiger charge is -2.29. The fourth-order valence-electron chi connectivity index (χ4n) is 6.79. The van der Waals surface area contributed by atoms with Gasteiger partial charge in [0.05, 0.1) is 22.8 Å². The summed E-state index contributed by atoms with van der Waals surface area (Å²) in [5.41, 5.74) is 0.873. The first-order valence-corrected chi connectivity index (χ1v) is 19.6. The highest BCUT2D eigenvalue weighted by Gasteiger charge is 2.62. The van der Waals surface area contributed by atoms with Crippen molar-refractivity contribution in [2.75, 3.05) is 6.54 Å². The Bertz CT molecular complexity index is 2010. The van der Waals surface area contributed by atoms with E-state index >= 15 is 0 Å². The van der Waals surface area contributed by atoms with Crippen molar-refractivity contribution in [2.45, 2.75) is 93.7 Å². The minimum absolute atomic E-state index is 0.00603. The Morgan fingerprint density at radius 2 is 1.96 bits per heavy atom. The summed E-state index contributed by atoms with van der Waals surface area (Å²) < 4.78 is 48.6. The summed E-state index contributed by atoms with van der Waals surface area (Å²) in [5.74, 6) is -3.53. The largest absolute Gasteiger partial charge is 0.471 e. The zero-order valence-corrected chi connectivity index (χ0v) is 29.5. The lowest BCUT2D eigenvalue weighted by atomic mass is 10.0. The number of thiazole rings is 1. The van der Waals surface area contributed by atoms with E-state index in [0.717, 1.165) is 12.8 Å². The summed E-state index contributed by atoms with van der Waals surface area (Å²) in [4.78, 5) is 69.5. The number of ether oxygens (including phenoxy) is 1. The van der Waals surface area contributed by atoms with Crippen LogP contribution in [0.3, 0.4) is 0 Å². The van der Waals surface area contributed by atoms with E-state index < -0.39 is 74.4 Å². The predicted molar refractivity (Wildman–Crippen MR) is 183 cm³/mol. The molecular weight excluding hydrogens is 702 g/mol. The lowest BCUT2D eigenvalue weighted by molar-refractivity contribution is -0.141. The van der Waals surface area contributed by atoms with E-state index in [1.54, 1.807) is 18.4 Å². The molecule has 0 spiro atoms. The summed E-state index contributed by atoms with van der Waals surface area (Å²) in [6, 6.07) is 2.25. The second kappa shape index (κ2) is 13.9. The number of nitrogens with one attached hydrogen (secondary N) is 3. The third-order valence-corrected chi connectivity index (χ3v) is 12.3. The molecule has 5 atom stereocenters. The van der Waals surface area contributed by atoms with Gasteiger partial charge in [0.15, 0.2) is 5.82 Å². The number of hydrogen-bond donors (Lipinski definition) is 3. The molecule has 1 aromatic carbocycles. The van der Waals surface area contributed by atoms with E-state index in [2.05, 4.69) is 30.3 Å². The zero-order chi connectivity index (χ0) is 35.9. The molecule has 14 nitrogen and oxygen atoms in total. The molecule has 2 aliphatic carbocycles. The topological polar surface area (TPSA) is 190 Å². The Labute approximate surface area is 297 Å². The highest BCUT2D eigenvalue weighted by molar-refractivity contribution is 7.91. The van der Waals surface area contributed by atoms with Gasteiger partial charge in [0.25, 0.3) is 11.8 Å². The molecule has 3 fully saturated rings. The van der Waals surface area contributed by atoms with Crippen LogP contribution in [-0.4, -0.2) is 87.4 Å². The molecular formula is C34H38FN7O7S2. The summed E-state index contributed by atoms with van der Waals surface area (Å²) in [6.07, 6.45) is 7.16. The Kier molecular flexibility index (Phi) is 9.52. The van der Waals surface area contributed by atoms with Crippen LogP contribution in [0.5, 0.6) is 5.88 Å². The number of aryl methyl sites for hydroxylation is 1. The lowest BCUT2D eigenvalue weighted by Crippen LogP contribution is -2.58. The maximum Gasteiger partial charge on any atom is 0.271 e. The summed E-state index contributed by atoms with van der Waals surface area (Å²) >= 11 is 1.24. The van der Waals surface area contributed by atoms with Gasteiger partial charge in [-0.2, -0.15) is 0 Å². The predicted octanol–water partition coefficient (Wildman–Crippen LogP) is 2.68. The minimum Gasteiger partial charge on any atom is -0.471 e. The molecule has 3 N–H and O–H groups in total. The van der Waals surface area contributed by atoms with E-state index in [4.69, 9.17) is 4.74 Å². The van der Waals surface area contributed by atoms with E-state index in [1.807, 2.05) is 12.2 Å². The van der Waals surface area contributed by atoms with Gasteiger partial charge >= 0.3 is 0 Å². The smallest absolute Gasteiger partial charge is 0.271 e. The van der Waals surface area contributed by atoms with Crippen molar-refractivity contribution in [3.8, 4) is 5.88 Å². The summed E-state index contributed by atoms with van der Waals surface area (Å²) in [7, 11) is -3.90. The van der Waals surface area contributed by atoms with Crippen molar-refractivity contribution in [2.24, 2.45) is 5.92 Å². The van der Waals surface area contributed by atoms with E-state index in [0.29, 0.717) is 43.3 Å². The van der Waals surface area contributed by atoms with Gasteiger partial charge in [0, 0.05) is 17.7 Å². The van der Waals surface area contributed by atoms with Crippen LogP contribution in [0, 0.1) is 18.7 Å². The number of halogens is 1. The van der Waals surface area contributed by atoms with Crippen LogP contribution < -0.4 is 20.1 Å². The first kappa shape index (κ1) is 34.9. The Morgan fingerprint density at radius 3 is 2.73 bits per heavy atom. The van der Waals surface area contributed by atoms with Gasteiger partial charge in [-0.15, -0.1) is 11.3 Å². The number of sulfonamides is 1. The van der Waals surface area contributed by atoms with Crippen LogP contribution in [0.15, 0.2) is 41.2 Å². The minimum atomic E-state index is -3.90. The molecule has 4 amide bonds. The molecule has 2 aromatic heterocycles. The SMILES string of the molecule is Cc1nc2cccc(F)c2nc1OC1CC2C(=O)NC3(C(=O)NS(=O)(=O)C4CC4)CC3C=CCCCCCC(NC(=O)c3cscn3)C(=O)N2C1. The van der Waals surface area contributed by atoms with Crippen molar-refractivity contribution in [1.82, 2.24) is 35.2 Å². The number of aromatic nitrogens is 3. The van der Waals surface area contributed by atoms with E-state index in [1.165, 1.54) is 33.9 Å². The number of rotatable bonds is 7. The molecule has 1 saturated heterocycles. The molecule has 2 saturated carbocycles. The van der Waals surface area contributed by atoms with Gasteiger partial charge in [0.1, 0.15) is 40.6 Å². The molecule has 4 aliphatic rings. The first-order chi connectivity index (χ1) is 24.4. The average Bonchev–Trinajstić information content (AvgIpc) is 3.95. The molecule has 17 heteroatoms. The monoisotopic (exact) mass is 739 g/mol. The number of benzene rings is 1. The Morgan fingerprint density at radius 1 is 1.14 bits per heavy atom. The van der Waals surface area contributed by atoms with Gasteiger partial charge in [-0.25, -0.2) is 27.8 Å². The van der Waals surface area contributed by atoms with Gasteiger partial charge < -0.3 is 20.3 Å². The maximum absolute atomic E-state index is 14.6. The normalized spacial score (nSPS) is 27.1. The second-order valence-electron chi connectivity index (χ2n) is 13.6. The number of fused-ring (bicyclic) bond motifs is 3. The molecule has 3 aromatic rings. The molecule has 4 heterocycles. The van der Waals surface area contributed by atoms with Crippen LogP contribution in [0.1, 0.15) is 74.0 Å². The fourth-order valence-corrected chi connectivity index (χ4v) is 8.69. The van der Waals surface area contributed by atoms with Gasteiger partial charge in [-0.1, -0.05) is 31.1 Å². The molecule has 0 radical (unpaired) electrons. The van der Waals surface area contributed by atoms with Gasteiger partial charge in [0.2, 0.25) is 27.7 Å². The molecule has 7 rings (SSSR count). The Hall–Kier alpha value is -4.51. The quantitative estimate of drug-likeness (QED) is 0.304. The van der Waals surface area contributed by atoms with E-state index in [9.17, 15) is 32.0 Å². The summed E-state index contributed by atoms with van der Waals surface area (Å²) in [6.45, 7) is 1.57. The van der Waals surface area contributed by atoms with Crippen LogP contribution in [-0.2, 0) is 24.4 Å². The molecule has 51 heavy (non-hydrogen) atoms.